The summed E-state index contributed by atoms with van der Waals surface area (Å²) >= 11 is 0. The van der Waals surface area contributed by atoms with E-state index in [2.05, 4.69) is 0 Å². The van der Waals surface area contributed by atoms with Crippen molar-refractivity contribution in [2.45, 2.75) is 13.0 Å². The number of hydrogen-bond donors (Lipinski definition) is 1. The lowest BCUT2D eigenvalue weighted by Gasteiger charge is -2.32. The van der Waals surface area contributed by atoms with Gasteiger partial charge in [-0.1, -0.05) is 0 Å². The SMILES string of the molecule is C[C@@H]1COCCN1C(=O)/C=C/C(=O)O. The van der Waals surface area contributed by atoms with E-state index in [0.717, 1.165) is 12.2 Å². The van der Waals surface area contributed by atoms with Crippen LogP contribution in [-0.2, 0) is 14.3 Å². The lowest BCUT2D eigenvalue weighted by atomic mass is 10.2. The molecule has 1 saturated heterocycles. The molecule has 0 bridgehead atoms. The van der Waals surface area contributed by atoms with Crippen LogP contribution in [0.15, 0.2) is 12.2 Å². The van der Waals surface area contributed by atoms with Crippen LogP contribution in [0.5, 0.6) is 0 Å². The number of ether oxygens (including phenoxy) is 1. The number of carboxylic acids is 1. The molecule has 78 valence electrons. The Morgan fingerprint density at radius 2 is 2.21 bits per heavy atom. The molecule has 1 amide bonds. The number of morpholine rings is 1. The zero-order chi connectivity index (χ0) is 10.6. The summed E-state index contributed by atoms with van der Waals surface area (Å²) in [6.07, 6.45) is 1.93. The van der Waals surface area contributed by atoms with Gasteiger partial charge in [-0.25, -0.2) is 4.79 Å². The molecule has 0 aromatic carbocycles. The summed E-state index contributed by atoms with van der Waals surface area (Å²) in [7, 11) is 0. The van der Waals surface area contributed by atoms with E-state index in [9.17, 15) is 9.59 Å². The minimum Gasteiger partial charge on any atom is -0.478 e. The molecule has 5 heteroatoms. The monoisotopic (exact) mass is 199 g/mol. The lowest BCUT2D eigenvalue weighted by molar-refractivity contribution is -0.135. The topological polar surface area (TPSA) is 66.8 Å². The molecule has 1 fully saturated rings. The Bertz CT molecular complexity index is 262. The van der Waals surface area contributed by atoms with E-state index >= 15 is 0 Å². The van der Waals surface area contributed by atoms with E-state index in [4.69, 9.17) is 9.84 Å². The van der Waals surface area contributed by atoms with E-state index in [0.29, 0.717) is 19.8 Å². The highest BCUT2D eigenvalue weighted by atomic mass is 16.5. The predicted molar refractivity (Wildman–Crippen MR) is 48.8 cm³/mol. The predicted octanol–water partition coefficient (Wildman–Crippen LogP) is -0.126. The standard InChI is InChI=1S/C9H13NO4/c1-7-6-14-5-4-10(7)8(11)2-3-9(12)13/h2-3,7H,4-6H2,1H3,(H,12,13)/b3-2+/t7-/m1/s1. The molecule has 0 aromatic rings. The second-order valence-electron chi connectivity index (χ2n) is 3.13. The normalized spacial score (nSPS) is 22.6. The zero-order valence-corrected chi connectivity index (χ0v) is 7.97. The first-order valence-electron chi connectivity index (χ1n) is 4.40. The molecule has 1 rings (SSSR count). The van der Waals surface area contributed by atoms with Crippen LogP contribution in [0.2, 0.25) is 0 Å². The van der Waals surface area contributed by atoms with E-state index in [-0.39, 0.29) is 11.9 Å². The fourth-order valence-corrected chi connectivity index (χ4v) is 1.29. The average Bonchev–Trinajstić information content (AvgIpc) is 2.15. The van der Waals surface area contributed by atoms with Crippen LogP contribution in [0.25, 0.3) is 0 Å². The summed E-state index contributed by atoms with van der Waals surface area (Å²) in [6.45, 7) is 3.40. The summed E-state index contributed by atoms with van der Waals surface area (Å²) in [5.41, 5.74) is 0. The summed E-state index contributed by atoms with van der Waals surface area (Å²) < 4.78 is 5.15. The van der Waals surface area contributed by atoms with Crippen molar-refractivity contribution in [3.05, 3.63) is 12.2 Å². The summed E-state index contributed by atoms with van der Waals surface area (Å²) in [4.78, 5) is 23.2. The molecule has 0 unspecified atom stereocenters. The van der Waals surface area contributed by atoms with Crippen molar-refractivity contribution < 1.29 is 19.4 Å². The van der Waals surface area contributed by atoms with Gasteiger partial charge < -0.3 is 14.7 Å². The van der Waals surface area contributed by atoms with Gasteiger partial charge >= 0.3 is 5.97 Å². The van der Waals surface area contributed by atoms with Gasteiger partial charge in [0.2, 0.25) is 5.91 Å². The van der Waals surface area contributed by atoms with Gasteiger partial charge in [-0.2, -0.15) is 0 Å². The summed E-state index contributed by atoms with van der Waals surface area (Å²) in [5, 5.41) is 8.34. The Hall–Kier alpha value is -1.36. The number of rotatable bonds is 2. The molecule has 0 aromatic heterocycles. The fraction of sp³-hybridized carbons (Fsp3) is 0.556. The number of carboxylic acid groups (broad SMARTS) is 1. The number of amides is 1. The molecule has 14 heavy (non-hydrogen) atoms. The van der Waals surface area contributed by atoms with E-state index < -0.39 is 5.97 Å². The van der Waals surface area contributed by atoms with Crippen molar-refractivity contribution in [2.24, 2.45) is 0 Å². The number of aliphatic carboxylic acids is 1. The maximum atomic E-state index is 11.4. The minimum absolute atomic E-state index is 0.00898. The molecule has 0 saturated carbocycles. The van der Waals surface area contributed by atoms with Crippen molar-refractivity contribution in [2.75, 3.05) is 19.8 Å². The Balaban J connectivity index is 2.54. The zero-order valence-electron chi connectivity index (χ0n) is 7.97. The van der Waals surface area contributed by atoms with E-state index in [1.54, 1.807) is 4.90 Å². The van der Waals surface area contributed by atoms with Crippen LogP contribution in [0.3, 0.4) is 0 Å². The quantitative estimate of drug-likeness (QED) is 0.629. The van der Waals surface area contributed by atoms with Crippen LogP contribution in [0.4, 0.5) is 0 Å². The first kappa shape index (κ1) is 10.7. The van der Waals surface area contributed by atoms with Crippen molar-refractivity contribution >= 4 is 11.9 Å². The van der Waals surface area contributed by atoms with Crippen LogP contribution >= 0.6 is 0 Å². The number of hydrogen-bond acceptors (Lipinski definition) is 3. The molecule has 1 atom stereocenters. The van der Waals surface area contributed by atoms with Gasteiger partial charge in [-0.05, 0) is 6.92 Å². The second kappa shape index (κ2) is 4.76. The number of carbonyl (C=O) groups is 2. The van der Waals surface area contributed by atoms with Crippen molar-refractivity contribution in [1.82, 2.24) is 4.90 Å². The third kappa shape index (κ3) is 2.85. The Kier molecular flexibility index (Phi) is 3.64. The molecule has 1 N–H and O–H groups in total. The first-order chi connectivity index (χ1) is 6.61. The van der Waals surface area contributed by atoms with Crippen LogP contribution < -0.4 is 0 Å². The average molecular weight is 199 g/mol. The maximum absolute atomic E-state index is 11.4. The van der Waals surface area contributed by atoms with Gasteiger partial charge in [0.1, 0.15) is 0 Å². The highest BCUT2D eigenvalue weighted by Crippen LogP contribution is 2.06. The third-order valence-corrected chi connectivity index (χ3v) is 2.02. The molecule has 0 radical (unpaired) electrons. The van der Waals surface area contributed by atoms with E-state index in [1.807, 2.05) is 6.92 Å². The highest BCUT2D eigenvalue weighted by molar-refractivity contribution is 5.94. The summed E-state index contributed by atoms with van der Waals surface area (Å²) in [5.74, 6) is -1.39. The first-order valence-corrected chi connectivity index (χ1v) is 4.40. The lowest BCUT2D eigenvalue weighted by Crippen LogP contribution is -2.46. The maximum Gasteiger partial charge on any atom is 0.328 e. The molecule has 0 spiro atoms. The molecular weight excluding hydrogens is 186 g/mol. The van der Waals surface area contributed by atoms with Crippen LogP contribution in [-0.4, -0.2) is 47.7 Å². The van der Waals surface area contributed by atoms with Gasteiger partial charge in [-0.15, -0.1) is 0 Å². The molecule has 0 aliphatic carbocycles. The third-order valence-electron chi connectivity index (χ3n) is 2.02. The molecule has 5 nitrogen and oxygen atoms in total. The minimum atomic E-state index is -1.11. The Morgan fingerprint density at radius 1 is 1.50 bits per heavy atom. The van der Waals surface area contributed by atoms with Gasteiger partial charge in [0.05, 0.1) is 19.3 Å². The van der Waals surface area contributed by atoms with Gasteiger partial charge in [0.25, 0.3) is 0 Å². The van der Waals surface area contributed by atoms with Crippen molar-refractivity contribution in [3.8, 4) is 0 Å². The van der Waals surface area contributed by atoms with Gasteiger partial charge in [0, 0.05) is 18.7 Å². The smallest absolute Gasteiger partial charge is 0.328 e. The number of nitrogens with zero attached hydrogens (tertiary/aromatic N) is 1. The molecule has 1 heterocycles. The highest BCUT2D eigenvalue weighted by Gasteiger charge is 2.21. The van der Waals surface area contributed by atoms with Crippen molar-refractivity contribution in [1.29, 1.82) is 0 Å². The van der Waals surface area contributed by atoms with Crippen molar-refractivity contribution in [3.63, 3.8) is 0 Å². The van der Waals surface area contributed by atoms with Gasteiger partial charge in [-0.3, -0.25) is 4.79 Å². The Labute approximate surface area is 82.0 Å². The second-order valence-corrected chi connectivity index (χ2v) is 3.13. The van der Waals surface area contributed by atoms with Gasteiger partial charge in [0.15, 0.2) is 0 Å². The number of carbonyl (C=O) groups excluding carboxylic acids is 1. The molecular formula is C9H13NO4. The molecule has 1 aliphatic rings. The van der Waals surface area contributed by atoms with Crippen LogP contribution in [0.1, 0.15) is 6.92 Å². The Morgan fingerprint density at radius 3 is 2.79 bits per heavy atom. The molecule has 1 aliphatic heterocycles. The summed E-state index contributed by atoms with van der Waals surface area (Å²) in [6, 6.07) is 0.00898. The van der Waals surface area contributed by atoms with E-state index in [1.165, 1.54) is 0 Å². The largest absolute Gasteiger partial charge is 0.478 e. The van der Waals surface area contributed by atoms with Crippen LogP contribution in [0, 0.1) is 0 Å². The fourth-order valence-electron chi connectivity index (χ4n) is 1.29.